The van der Waals surface area contributed by atoms with Gasteiger partial charge in [-0.15, -0.1) is 0 Å². The molecule has 1 aromatic rings. The molecule has 108 valence electrons. The number of thiazole rings is 1. The zero-order valence-corrected chi connectivity index (χ0v) is 12.9. The third-order valence-corrected chi connectivity index (χ3v) is 5.05. The van der Waals surface area contributed by atoms with Crippen LogP contribution in [0.4, 0.5) is 5.13 Å². The maximum Gasteiger partial charge on any atom is 0.186 e. The minimum Gasteiger partial charge on any atom is -0.388 e. The highest BCUT2D eigenvalue weighted by Crippen LogP contribution is 2.38. The van der Waals surface area contributed by atoms with Crippen LogP contribution in [0.2, 0.25) is 0 Å². The molecule has 2 unspecified atom stereocenters. The van der Waals surface area contributed by atoms with Gasteiger partial charge in [0.25, 0.3) is 0 Å². The summed E-state index contributed by atoms with van der Waals surface area (Å²) in [6, 6.07) is 0.444. The maximum absolute atomic E-state index is 10.1. The summed E-state index contributed by atoms with van der Waals surface area (Å²) in [6.45, 7) is 5.96. The fourth-order valence-corrected chi connectivity index (χ4v) is 3.68. The van der Waals surface area contributed by atoms with Crippen LogP contribution in [0.15, 0.2) is 0 Å². The van der Waals surface area contributed by atoms with Crippen LogP contribution in [0.5, 0.6) is 0 Å². The molecule has 0 amide bonds. The van der Waals surface area contributed by atoms with Crippen LogP contribution in [0.25, 0.3) is 0 Å². The second-order valence-corrected chi connectivity index (χ2v) is 6.17. The van der Waals surface area contributed by atoms with Gasteiger partial charge < -0.3 is 14.7 Å². The van der Waals surface area contributed by atoms with Gasteiger partial charge in [-0.25, -0.2) is 4.98 Å². The number of aromatic nitrogens is 1. The molecule has 0 fully saturated rings. The largest absolute Gasteiger partial charge is 0.388 e. The Balaban J connectivity index is 2.21. The lowest BCUT2D eigenvalue weighted by Crippen LogP contribution is -2.35. The topological polar surface area (TPSA) is 45.6 Å². The molecule has 0 saturated carbocycles. The standard InChI is InChI=1S/C14H24N2O2S/c1-4-10(2)16(8-9-18-3)14-15-11-6-5-7-12(17)13(11)19-14/h10,12,17H,4-9H2,1-3H3. The molecule has 0 saturated heterocycles. The van der Waals surface area contributed by atoms with E-state index in [4.69, 9.17) is 9.72 Å². The van der Waals surface area contributed by atoms with Crippen molar-refractivity contribution < 1.29 is 9.84 Å². The fourth-order valence-electron chi connectivity index (χ4n) is 2.42. The van der Waals surface area contributed by atoms with E-state index in [1.54, 1.807) is 18.4 Å². The highest BCUT2D eigenvalue weighted by molar-refractivity contribution is 7.15. The second kappa shape index (κ2) is 6.68. The minimum absolute atomic E-state index is 0.309. The van der Waals surface area contributed by atoms with Crippen molar-refractivity contribution in [1.82, 2.24) is 4.98 Å². The zero-order chi connectivity index (χ0) is 13.8. The smallest absolute Gasteiger partial charge is 0.186 e. The normalized spacial score (nSPS) is 20.1. The summed E-state index contributed by atoms with van der Waals surface area (Å²) in [5, 5.41) is 11.1. The molecule has 0 aliphatic heterocycles. The Kier molecular flexibility index (Phi) is 5.19. The summed E-state index contributed by atoms with van der Waals surface area (Å²) in [6.07, 6.45) is 3.68. The molecule has 1 aliphatic carbocycles. The second-order valence-electron chi connectivity index (χ2n) is 5.16. The van der Waals surface area contributed by atoms with Gasteiger partial charge in [0, 0.05) is 19.7 Å². The van der Waals surface area contributed by atoms with E-state index in [9.17, 15) is 5.11 Å². The molecule has 5 heteroatoms. The van der Waals surface area contributed by atoms with Crippen molar-refractivity contribution >= 4 is 16.5 Å². The number of hydrogen-bond donors (Lipinski definition) is 1. The molecule has 1 heterocycles. The Morgan fingerprint density at radius 1 is 1.58 bits per heavy atom. The van der Waals surface area contributed by atoms with Gasteiger partial charge in [0.05, 0.1) is 23.3 Å². The molecular formula is C14H24N2O2S. The molecule has 19 heavy (non-hydrogen) atoms. The van der Waals surface area contributed by atoms with E-state index in [2.05, 4.69) is 18.7 Å². The van der Waals surface area contributed by atoms with Gasteiger partial charge >= 0.3 is 0 Å². The third-order valence-electron chi connectivity index (χ3n) is 3.81. The number of rotatable bonds is 6. The summed E-state index contributed by atoms with van der Waals surface area (Å²) < 4.78 is 5.20. The van der Waals surface area contributed by atoms with E-state index in [1.807, 2.05) is 0 Å². The summed E-state index contributed by atoms with van der Waals surface area (Å²) in [5.74, 6) is 0. The van der Waals surface area contributed by atoms with Crippen LogP contribution in [0.3, 0.4) is 0 Å². The van der Waals surface area contributed by atoms with E-state index in [-0.39, 0.29) is 6.10 Å². The third kappa shape index (κ3) is 3.27. The average Bonchev–Trinajstić information content (AvgIpc) is 2.84. The van der Waals surface area contributed by atoms with Gasteiger partial charge in [0.1, 0.15) is 0 Å². The number of fused-ring (bicyclic) bond motifs is 1. The number of aliphatic hydroxyl groups excluding tert-OH is 1. The average molecular weight is 284 g/mol. The zero-order valence-electron chi connectivity index (χ0n) is 12.1. The van der Waals surface area contributed by atoms with Gasteiger partial charge in [-0.05, 0) is 32.6 Å². The van der Waals surface area contributed by atoms with E-state index < -0.39 is 0 Å². The number of nitrogens with zero attached hydrogens (tertiary/aromatic N) is 2. The SMILES string of the molecule is CCC(C)N(CCOC)c1nc2c(s1)C(O)CCC2. The molecule has 2 rings (SSSR count). The first kappa shape index (κ1) is 14.8. The molecule has 0 aromatic carbocycles. The van der Waals surface area contributed by atoms with Gasteiger partial charge in [0.15, 0.2) is 5.13 Å². The van der Waals surface area contributed by atoms with E-state index in [1.165, 1.54) is 0 Å². The van der Waals surface area contributed by atoms with Crippen LogP contribution in [0.1, 0.15) is 49.8 Å². The van der Waals surface area contributed by atoms with Gasteiger partial charge in [-0.1, -0.05) is 18.3 Å². The molecule has 1 aromatic heterocycles. The number of ether oxygens (including phenoxy) is 1. The van der Waals surface area contributed by atoms with Crippen LogP contribution < -0.4 is 4.90 Å². The van der Waals surface area contributed by atoms with E-state index in [0.29, 0.717) is 12.6 Å². The molecule has 1 N–H and O–H groups in total. The molecule has 1 aliphatic rings. The fraction of sp³-hybridized carbons (Fsp3) is 0.786. The lowest BCUT2D eigenvalue weighted by molar-refractivity contribution is 0.160. The van der Waals surface area contributed by atoms with Crippen molar-refractivity contribution in [2.45, 2.75) is 51.7 Å². The summed E-state index contributed by atoms with van der Waals surface area (Å²) in [4.78, 5) is 8.13. The Hall–Kier alpha value is -0.650. The Morgan fingerprint density at radius 3 is 3.00 bits per heavy atom. The summed E-state index contributed by atoms with van der Waals surface area (Å²) in [5.41, 5.74) is 1.10. The van der Waals surface area contributed by atoms with Crippen LogP contribution in [-0.4, -0.2) is 36.4 Å². The monoisotopic (exact) mass is 284 g/mol. The lowest BCUT2D eigenvalue weighted by Gasteiger charge is -2.27. The van der Waals surface area contributed by atoms with Crippen molar-refractivity contribution in [2.75, 3.05) is 25.2 Å². The Morgan fingerprint density at radius 2 is 2.37 bits per heavy atom. The van der Waals surface area contributed by atoms with Crippen molar-refractivity contribution in [3.05, 3.63) is 10.6 Å². The van der Waals surface area contributed by atoms with Gasteiger partial charge in [-0.3, -0.25) is 0 Å². The van der Waals surface area contributed by atoms with Crippen LogP contribution in [-0.2, 0) is 11.2 Å². The van der Waals surface area contributed by atoms with Gasteiger partial charge in [-0.2, -0.15) is 0 Å². The number of aliphatic hydroxyl groups is 1. The van der Waals surface area contributed by atoms with Crippen LogP contribution >= 0.6 is 11.3 Å². The number of methoxy groups -OCH3 is 1. The van der Waals surface area contributed by atoms with Crippen molar-refractivity contribution in [2.24, 2.45) is 0 Å². The number of aryl methyl sites for hydroxylation is 1. The first-order valence-corrected chi connectivity index (χ1v) is 7.92. The first-order valence-electron chi connectivity index (χ1n) is 7.10. The molecule has 0 bridgehead atoms. The molecular weight excluding hydrogens is 260 g/mol. The Bertz CT molecular complexity index is 408. The number of hydrogen-bond acceptors (Lipinski definition) is 5. The molecule has 0 radical (unpaired) electrons. The van der Waals surface area contributed by atoms with Crippen molar-refractivity contribution in [1.29, 1.82) is 0 Å². The highest BCUT2D eigenvalue weighted by atomic mass is 32.1. The first-order chi connectivity index (χ1) is 9.17. The predicted octanol–water partition coefficient (Wildman–Crippen LogP) is 2.76. The summed E-state index contributed by atoms with van der Waals surface area (Å²) in [7, 11) is 1.73. The maximum atomic E-state index is 10.1. The lowest BCUT2D eigenvalue weighted by atomic mass is 10.0. The van der Waals surface area contributed by atoms with E-state index >= 15 is 0 Å². The summed E-state index contributed by atoms with van der Waals surface area (Å²) >= 11 is 1.65. The van der Waals surface area contributed by atoms with E-state index in [0.717, 1.165) is 47.9 Å². The minimum atomic E-state index is -0.309. The van der Waals surface area contributed by atoms with Crippen molar-refractivity contribution in [3.63, 3.8) is 0 Å². The molecule has 4 nitrogen and oxygen atoms in total. The van der Waals surface area contributed by atoms with Gasteiger partial charge in [0.2, 0.25) is 0 Å². The molecule has 2 atom stereocenters. The van der Waals surface area contributed by atoms with Crippen molar-refractivity contribution in [3.8, 4) is 0 Å². The predicted molar refractivity (Wildman–Crippen MR) is 79.0 cm³/mol. The number of anilines is 1. The van der Waals surface area contributed by atoms with Crippen LogP contribution in [0, 0.1) is 0 Å². The highest BCUT2D eigenvalue weighted by Gasteiger charge is 2.25. The quantitative estimate of drug-likeness (QED) is 0.872. The molecule has 0 spiro atoms. The Labute approximate surface area is 119 Å².